The lowest BCUT2D eigenvalue weighted by molar-refractivity contribution is -0.377. The van der Waals surface area contributed by atoms with Gasteiger partial charge in [0, 0.05) is 12.2 Å². The van der Waals surface area contributed by atoms with Crippen LogP contribution >= 0.6 is 0 Å². The smallest absolute Gasteiger partial charge is 0.224 e. The first kappa shape index (κ1) is 14.3. The van der Waals surface area contributed by atoms with Crippen LogP contribution in [0.25, 0.3) is 10.8 Å². The summed E-state index contributed by atoms with van der Waals surface area (Å²) in [6.07, 6.45) is 3.89. The fraction of sp³-hybridized carbons (Fsp3) is 0.0556. The maximum absolute atomic E-state index is 12.8. The minimum Gasteiger partial charge on any atom is -0.873 e. The van der Waals surface area contributed by atoms with E-state index in [1.165, 1.54) is 18.2 Å². The molecule has 0 bridgehead atoms. The summed E-state index contributed by atoms with van der Waals surface area (Å²) in [4.78, 5) is -0.552. The molecule has 4 rings (SSSR count). The number of rotatable bonds is 1. The number of fused-ring (bicyclic) bond motifs is 2. The fourth-order valence-corrected chi connectivity index (χ4v) is 3.19. The zero-order valence-corrected chi connectivity index (χ0v) is 12.4. The normalized spacial score (nSPS) is 19.7. The largest absolute Gasteiger partial charge is 0.873 e. The molecular weight excluding hydrogens is 308 g/mol. The number of hydrogen-bond donors (Lipinski definition) is 1. The number of nitrogens with zero attached hydrogens (tertiary/aromatic N) is 2. The van der Waals surface area contributed by atoms with Gasteiger partial charge in [0.1, 0.15) is 0 Å². The lowest BCUT2D eigenvalue weighted by Gasteiger charge is -2.27. The van der Waals surface area contributed by atoms with Gasteiger partial charge in [0.2, 0.25) is 5.71 Å². The standard InChI is InChI=1S/C18H13N2O4/c21-18-15-9-8-12(20(23)24)10-16(15)19(22)17(18)14-7-3-5-11-4-1-2-6-13(11)14/h1-10,17,22H,(H-,21,23,24)/q-1/p-1. The predicted octanol–water partition coefficient (Wildman–Crippen LogP) is 2.10. The molecule has 24 heavy (non-hydrogen) atoms. The molecule has 0 amide bonds. The van der Waals surface area contributed by atoms with Crippen LogP contribution in [0.5, 0.6) is 0 Å². The van der Waals surface area contributed by atoms with Crippen molar-refractivity contribution in [3.8, 4) is 0 Å². The molecule has 120 valence electrons. The van der Waals surface area contributed by atoms with E-state index in [1.807, 2.05) is 36.4 Å². The molecule has 2 aliphatic rings. The van der Waals surface area contributed by atoms with Gasteiger partial charge in [0.15, 0.2) is 0 Å². The highest BCUT2D eigenvalue weighted by Crippen LogP contribution is 2.42. The maximum atomic E-state index is 12.8. The molecule has 0 fully saturated rings. The number of hydrogen-bond acceptors (Lipinski definition) is 5. The van der Waals surface area contributed by atoms with Gasteiger partial charge >= 0.3 is 0 Å². The van der Waals surface area contributed by atoms with Crippen molar-refractivity contribution in [2.24, 2.45) is 0 Å². The van der Waals surface area contributed by atoms with Crippen LogP contribution in [-0.2, 0) is 0 Å². The summed E-state index contributed by atoms with van der Waals surface area (Å²) < 4.78 is 0. The Balaban J connectivity index is 1.89. The second-order valence-electron chi connectivity index (χ2n) is 5.64. The molecule has 6 heteroatoms. The molecular formula is C18H12N2O4-2. The number of hydroxylamine groups is 2. The molecule has 0 saturated carbocycles. The lowest BCUT2D eigenvalue weighted by Crippen LogP contribution is -2.24. The topological polar surface area (TPSA) is 95.7 Å². The van der Waals surface area contributed by atoms with Crippen molar-refractivity contribution in [1.82, 2.24) is 5.06 Å². The van der Waals surface area contributed by atoms with E-state index in [4.69, 9.17) is 0 Å². The maximum Gasteiger partial charge on any atom is 0.224 e. The van der Waals surface area contributed by atoms with Crippen molar-refractivity contribution in [2.75, 3.05) is 0 Å². The summed E-state index contributed by atoms with van der Waals surface area (Å²) in [5.74, 6) is -0.279. The first-order valence-electron chi connectivity index (χ1n) is 7.36. The van der Waals surface area contributed by atoms with Crippen molar-refractivity contribution in [2.45, 2.75) is 6.04 Å². The molecule has 1 aliphatic heterocycles. The quantitative estimate of drug-likeness (QED) is 0.641. The third kappa shape index (κ3) is 1.97. The van der Waals surface area contributed by atoms with Gasteiger partial charge in [-0.1, -0.05) is 48.2 Å². The summed E-state index contributed by atoms with van der Waals surface area (Å²) >= 11 is 0. The Hall–Kier alpha value is -3.25. The fourth-order valence-electron chi connectivity index (χ4n) is 3.19. The zero-order valence-electron chi connectivity index (χ0n) is 12.4. The van der Waals surface area contributed by atoms with Gasteiger partial charge in [-0.15, -0.1) is 0 Å². The molecule has 1 unspecified atom stereocenters. The van der Waals surface area contributed by atoms with Crippen molar-refractivity contribution < 1.29 is 15.2 Å². The van der Waals surface area contributed by atoms with E-state index in [1.54, 1.807) is 6.07 Å². The summed E-state index contributed by atoms with van der Waals surface area (Å²) in [7, 11) is 0. The minimum absolute atomic E-state index is 0.159. The van der Waals surface area contributed by atoms with Crippen LogP contribution in [0.15, 0.2) is 77.7 Å². The van der Waals surface area contributed by atoms with Crippen molar-refractivity contribution >= 4 is 16.5 Å². The Kier molecular flexibility index (Phi) is 3.07. The number of allylic oxidation sites excluding steroid dienone is 3. The average molecular weight is 320 g/mol. The lowest BCUT2D eigenvalue weighted by atomic mass is 9.97. The van der Waals surface area contributed by atoms with Crippen molar-refractivity contribution in [1.29, 1.82) is 0 Å². The predicted molar refractivity (Wildman–Crippen MR) is 86.6 cm³/mol. The van der Waals surface area contributed by atoms with Crippen molar-refractivity contribution in [3.05, 3.63) is 93.7 Å². The van der Waals surface area contributed by atoms with E-state index in [2.05, 4.69) is 0 Å². The van der Waals surface area contributed by atoms with Gasteiger partial charge in [0.25, 0.3) is 0 Å². The summed E-state index contributed by atoms with van der Waals surface area (Å²) in [5, 5.41) is 47.8. The molecule has 6 nitrogen and oxygen atoms in total. The molecule has 1 N–H and O–H groups in total. The first-order valence-corrected chi connectivity index (χ1v) is 7.36. The Morgan fingerprint density at radius 3 is 2.54 bits per heavy atom. The SMILES string of the molecule is [O-]C1=C2C=CC(=[N+]([O-])[O-])C=C2N(O)C1c1cccc2ccccc12. The van der Waals surface area contributed by atoms with E-state index >= 15 is 0 Å². The van der Waals surface area contributed by atoms with Crippen LogP contribution < -0.4 is 5.11 Å². The molecule has 2 aromatic rings. The van der Waals surface area contributed by atoms with Crippen LogP contribution in [-0.4, -0.2) is 20.9 Å². The average Bonchev–Trinajstić information content (AvgIpc) is 2.85. The van der Waals surface area contributed by atoms with E-state index in [-0.39, 0.29) is 22.7 Å². The molecule has 2 aromatic carbocycles. The molecule has 1 atom stereocenters. The second kappa shape index (κ2) is 5.14. The van der Waals surface area contributed by atoms with Gasteiger partial charge in [-0.05, 0) is 28.0 Å². The van der Waals surface area contributed by atoms with E-state index < -0.39 is 10.9 Å². The van der Waals surface area contributed by atoms with Crippen LogP contribution in [0.2, 0.25) is 0 Å². The van der Waals surface area contributed by atoms with E-state index in [9.17, 15) is 20.7 Å². The van der Waals surface area contributed by atoms with Crippen LogP contribution in [0.1, 0.15) is 11.6 Å². The van der Waals surface area contributed by atoms with Crippen LogP contribution in [0, 0.1) is 10.4 Å². The third-order valence-corrected chi connectivity index (χ3v) is 4.32. The summed E-state index contributed by atoms with van der Waals surface area (Å²) in [6, 6.07) is 12.2. The minimum atomic E-state index is -0.909. The molecule has 0 radical (unpaired) electrons. The molecule has 1 heterocycles. The first-order chi connectivity index (χ1) is 11.6. The number of benzene rings is 2. The van der Waals surface area contributed by atoms with E-state index in [0.29, 0.717) is 5.56 Å². The van der Waals surface area contributed by atoms with Gasteiger partial charge in [-0.3, -0.25) is 5.21 Å². The van der Waals surface area contributed by atoms with Crippen LogP contribution in [0.3, 0.4) is 0 Å². The highest BCUT2D eigenvalue weighted by molar-refractivity contribution is 6.03. The summed E-state index contributed by atoms with van der Waals surface area (Å²) in [6.45, 7) is 0. The Morgan fingerprint density at radius 1 is 1.00 bits per heavy atom. The molecule has 0 spiro atoms. The zero-order chi connectivity index (χ0) is 16.8. The van der Waals surface area contributed by atoms with Crippen LogP contribution in [0.4, 0.5) is 0 Å². The second-order valence-corrected chi connectivity index (χ2v) is 5.64. The Bertz CT molecular complexity index is 963. The molecule has 1 aliphatic carbocycles. The third-order valence-electron chi connectivity index (χ3n) is 4.32. The monoisotopic (exact) mass is 320 g/mol. The Morgan fingerprint density at radius 2 is 1.75 bits per heavy atom. The molecule has 0 saturated heterocycles. The highest BCUT2D eigenvalue weighted by Gasteiger charge is 2.33. The van der Waals surface area contributed by atoms with Crippen molar-refractivity contribution in [3.63, 3.8) is 0 Å². The highest BCUT2D eigenvalue weighted by atomic mass is 16.8. The van der Waals surface area contributed by atoms with Gasteiger partial charge < -0.3 is 15.5 Å². The van der Waals surface area contributed by atoms with Gasteiger partial charge in [0.05, 0.1) is 11.7 Å². The molecule has 0 aromatic heterocycles. The Labute approximate surface area is 137 Å². The van der Waals surface area contributed by atoms with Gasteiger partial charge in [-0.25, -0.2) is 5.06 Å². The summed E-state index contributed by atoms with van der Waals surface area (Å²) in [5.41, 5.74) is 0.937. The van der Waals surface area contributed by atoms with Gasteiger partial charge in [-0.2, -0.15) is 4.90 Å². The van der Waals surface area contributed by atoms with E-state index in [0.717, 1.165) is 15.8 Å².